The van der Waals surface area contributed by atoms with Gasteiger partial charge < -0.3 is 15.7 Å². The van der Waals surface area contributed by atoms with Gasteiger partial charge in [0.1, 0.15) is 0 Å². The first kappa shape index (κ1) is 16.2. The zero-order chi connectivity index (χ0) is 15.1. The third-order valence-electron chi connectivity index (χ3n) is 2.71. The van der Waals surface area contributed by atoms with E-state index in [1.165, 1.54) is 6.07 Å². The van der Waals surface area contributed by atoms with Crippen molar-refractivity contribution in [2.24, 2.45) is 0 Å². The molecule has 20 heavy (non-hydrogen) atoms. The summed E-state index contributed by atoms with van der Waals surface area (Å²) >= 11 is 0. The van der Waals surface area contributed by atoms with Gasteiger partial charge in [-0.25, -0.2) is 9.59 Å². The average molecular weight is 298 g/mol. The van der Waals surface area contributed by atoms with E-state index in [9.17, 15) is 13.8 Å². The third-order valence-corrected chi connectivity index (χ3v) is 3.57. The summed E-state index contributed by atoms with van der Waals surface area (Å²) in [5, 5.41) is 14.2. The Morgan fingerprint density at radius 1 is 1.35 bits per heavy atom. The van der Waals surface area contributed by atoms with E-state index >= 15 is 0 Å². The van der Waals surface area contributed by atoms with Crippen LogP contribution in [-0.2, 0) is 10.8 Å². The summed E-state index contributed by atoms with van der Waals surface area (Å²) in [5.74, 6) is -0.495. The monoisotopic (exact) mass is 298 g/mol. The molecule has 6 nitrogen and oxygen atoms in total. The number of carboxylic acids is 1. The maximum atomic E-state index is 11.6. The van der Waals surface area contributed by atoms with Gasteiger partial charge >= 0.3 is 12.0 Å². The molecule has 0 fully saturated rings. The van der Waals surface area contributed by atoms with E-state index in [0.29, 0.717) is 30.0 Å². The van der Waals surface area contributed by atoms with Crippen LogP contribution in [0.5, 0.6) is 0 Å². The number of carbonyl (C=O) groups is 2. The van der Waals surface area contributed by atoms with Crippen molar-refractivity contribution in [3.05, 3.63) is 29.3 Å². The van der Waals surface area contributed by atoms with Crippen molar-refractivity contribution in [1.82, 2.24) is 5.32 Å². The Morgan fingerprint density at radius 2 is 2.05 bits per heavy atom. The Bertz CT molecular complexity index is 531. The standard InChI is InChI=1S/C13H18N2O4S/c1-9-10(12(16)17)5-3-6-11(9)15-13(18)14-7-4-8-20(2)19/h3,5-6H,4,7-8H2,1-2H3,(H,16,17)(H2,14,15,18). The number of benzene rings is 1. The quantitative estimate of drug-likeness (QED) is 0.695. The van der Waals surface area contributed by atoms with Crippen LogP contribution in [0.4, 0.5) is 10.5 Å². The zero-order valence-corrected chi connectivity index (χ0v) is 12.3. The molecule has 1 aromatic carbocycles. The van der Waals surface area contributed by atoms with E-state index in [-0.39, 0.29) is 5.56 Å². The molecular formula is C13H18N2O4S. The van der Waals surface area contributed by atoms with Crippen molar-refractivity contribution in [2.45, 2.75) is 13.3 Å². The van der Waals surface area contributed by atoms with Gasteiger partial charge in [0.25, 0.3) is 0 Å². The normalized spacial score (nSPS) is 11.7. The van der Waals surface area contributed by atoms with E-state index in [0.717, 1.165) is 0 Å². The van der Waals surface area contributed by atoms with Crippen molar-refractivity contribution >= 4 is 28.5 Å². The lowest BCUT2D eigenvalue weighted by Crippen LogP contribution is -2.30. The SMILES string of the molecule is Cc1c(NC(=O)NCCCS(C)=O)cccc1C(=O)O. The van der Waals surface area contributed by atoms with Crippen LogP contribution in [0.25, 0.3) is 0 Å². The van der Waals surface area contributed by atoms with Gasteiger partial charge in [0.2, 0.25) is 0 Å². The van der Waals surface area contributed by atoms with E-state index in [1.807, 2.05) is 0 Å². The van der Waals surface area contributed by atoms with E-state index in [4.69, 9.17) is 5.11 Å². The summed E-state index contributed by atoms with van der Waals surface area (Å²) in [6.07, 6.45) is 2.24. The number of urea groups is 1. The number of hydrogen-bond donors (Lipinski definition) is 3. The van der Waals surface area contributed by atoms with Gasteiger partial charge in [-0.1, -0.05) is 6.07 Å². The molecule has 1 unspecified atom stereocenters. The minimum Gasteiger partial charge on any atom is -0.478 e. The fourth-order valence-corrected chi connectivity index (χ4v) is 2.20. The molecule has 1 aromatic rings. The molecule has 0 heterocycles. The topological polar surface area (TPSA) is 95.5 Å². The number of hydrogen-bond acceptors (Lipinski definition) is 3. The molecule has 0 saturated carbocycles. The van der Waals surface area contributed by atoms with Gasteiger partial charge in [0.05, 0.1) is 5.56 Å². The molecule has 110 valence electrons. The highest BCUT2D eigenvalue weighted by atomic mass is 32.2. The minimum absolute atomic E-state index is 0.157. The highest BCUT2D eigenvalue weighted by Crippen LogP contribution is 2.18. The molecule has 0 aromatic heterocycles. The fourth-order valence-electron chi connectivity index (χ4n) is 1.65. The van der Waals surface area contributed by atoms with Crippen LogP contribution in [-0.4, -0.2) is 39.9 Å². The average Bonchev–Trinajstić information content (AvgIpc) is 2.36. The molecule has 0 aliphatic carbocycles. The van der Waals surface area contributed by atoms with Crippen LogP contribution in [0, 0.1) is 6.92 Å². The fraction of sp³-hybridized carbons (Fsp3) is 0.385. The van der Waals surface area contributed by atoms with Crippen molar-refractivity contribution in [3.63, 3.8) is 0 Å². The summed E-state index contributed by atoms with van der Waals surface area (Å²) in [5.41, 5.74) is 1.12. The predicted molar refractivity (Wildman–Crippen MR) is 78.7 cm³/mol. The number of aromatic carboxylic acids is 1. The van der Waals surface area contributed by atoms with Gasteiger partial charge in [-0.15, -0.1) is 0 Å². The Labute approximate surface area is 120 Å². The maximum absolute atomic E-state index is 11.6. The van der Waals surface area contributed by atoms with Crippen molar-refractivity contribution in [1.29, 1.82) is 0 Å². The van der Waals surface area contributed by atoms with Crippen molar-refractivity contribution in [3.8, 4) is 0 Å². The summed E-state index contributed by atoms with van der Waals surface area (Å²) in [7, 11) is -0.867. The van der Waals surface area contributed by atoms with Gasteiger partial charge in [0, 0.05) is 35.0 Å². The van der Waals surface area contributed by atoms with Crippen LogP contribution in [0.3, 0.4) is 0 Å². The number of anilines is 1. The molecular weight excluding hydrogens is 280 g/mol. The summed E-state index contributed by atoms with van der Waals surface area (Å²) < 4.78 is 10.9. The largest absolute Gasteiger partial charge is 0.478 e. The highest BCUT2D eigenvalue weighted by molar-refractivity contribution is 7.84. The molecule has 1 atom stereocenters. The first-order valence-electron chi connectivity index (χ1n) is 6.09. The lowest BCUT2D eigenvalue weighted by atomic mass is 10.1. The van der Waals surface area contributed by atoms with Crippen LogP contribution >= 0.6 is 0 Å². The Hall–Kier alpha value is -1.89. The van der Waals surface area contributed by atoms with E-state index in [2.05, 4.69) is 10.6 Å². The minimum atomic E-state index is -1.03. The van der Waals surface area contributed by atoms with Crippen LogP contribution in [0.1, 0.15) is 22.3 Å². The second-order valence-corrected chi connectivity index (χ2v) is 5.85. The highest BCUT2D eigenvalue weighted by Gasteiger charge is 2.11. The summed E-state index contributed by atoms with van der Waals surface area (Å²) in [4.78, 5) is 22.6. The molecule has 0 spiro atoms. The van der Waals surface area contributed by atoms with Gasteiger partial charge in [-0.2, -0.15) is 0 Å². The van der Waals surface area contributed by atoms with Crippen LogP contribution in [0.2, 0.25) is 0 Å². The zero-order valence-electron chi connectivity index (χ0n) is 11.4. The molecule has 0 saturated heterocycles. The van der Waals surface area contributed by atoms with E-state index in [1.54, 1.807) is 25.3 Å². The molecule has 0 radical (unpaired) electrons. The summed E-state index contributed by atoms with van der Waals surface area (Å²) in [6.45, 7) is 2.06. The molecule has 0 bridgehead atoms. The Balaban J connectivity index is 2.56. The second-order valence-electron chi connectivity index (χ2n) is 4.30. The second kappa shape index (κ2) is 7.64. The summed E-state index contributed by atoms with van der Waals surface area (Å²) in [6, 6.07) is 4.30. The van der Waals surface area contributed by atoms with Crippen LogP contribution < -0.4 is 10.6 Å². The van der Waals surface area contributed by atoms with Crippen molar-refractivity contribution in [2.75, 3.05) is 23.9 Å². The van der Waals surface area contributed by atoms with Crippen LogP contribution in [0.15, 0.2) is 18.2 Å². The van der Waals surface area contributed by atoms with Gasteiger partial charge in [-0.05, 0) is 31.0 Å². The molecule has 2 amide bonds. The molecule has 0 aliphatic heterocycles. The maximum Gasteiger partial charge on any atom is 0.336 e. The number of nitrogens with one attached hydrogen (secondary N) is 2. The molecule has 0 aliphatic rings. The smallest absolute Gasteiger partial charge is 0.336 e. The third kappa shape index (κ3) is 5.00. The number of amides is 2. The first-order valence-corrected chi connectivity index (χ1v) is 7.82. The lowest BCUT2D eigenvalue weighted by molar-refractivity contribution is 0.0696. The Kier molecular flexibility index (Phi) is 6.17. The van der Waals surface area contributed by atoms with Gasteiger partial charge in [0.15, 0.2) is 0 Å². The number of carboxylic acid groups (broad SMARTS) is 1. The number of carbonyl (C=O) groups excluding carboxylic acids is 1. The molecule has 3 N–H and O–H groups in total. The van der Waals surface area contributed by atoms with Crippen molar-refractivity contribution < 1.29 is 18.9 Å². The molecule has 7 heteroatoms. The van der Waals surface area contributed by atoms with E-state index < -0.39 is 22.8 Å². The lowest BCUT2D eigenvalue weighted by Gasteiger charge is -2.11. The molecule has 1 rings (SSSR count). The Morgan fingerprint density at radius 3 is 2.65 bits per heavy atom. The first-order chi connectivity index (χ1) is 9.41. The van der Waals surface area contributed by atoms with Gasteiger partial charge in [-0.3, -0.25) is 4.21 Å². The number of rotatable bonds is 6. The predicted octanol–water partition coefficient (Wildman–Crippen LogP) is 1.58.